The molecule has 0 heterocycles. The van der Waals surface area contributed by atoms with Crippen molar-refractivity contribution in [2.75, 3.05) is 6.54 Å². The Labute approximate surface area is 121 Å². The van der Waals surface area contributed by atoms with E-state index in [0.29, 0.717) is 0 Å². The zero-order valence-corrected chi connectivity index (χ0v) is 12.5. The summed E-state index contributed by atoms with van der Waals surface area (Å²) in [6.45, 7) is 2.75. The van der Waals surface area contributed by atoms with Crippen LogP contribution in [0.15, 0.2) is 23.1 Å². The number of thiol groups is 1. The molecule has 0 unspecified atom stereocenters. The highest BCUT2D eigenvalue weighted by atomic mass is 32.1. The van der Waals surface area contributed by atoms with Gasteiger partial charge in [-0.05, 0) is 37.0 Å². The molecular weight excluding hydrogens is 254 g/mol. The maximum atomic E-state index is 12.1. The van der Waals surface area contributed by atoms with Gasteiger partial charge in [0.15, 0.2) is 0 Å². The Bertz CT molecular complexity index is 438. The van der Waals surface area contributed by atoms with Crippen molar-refractivity contribution < 1.29 is 4.79 Å². The van der Waals surface area contributed by atoms with Gasteiger partial charge >= 0.3 is 0 Å². The highest BCUT2D eigenvalue weighted by Crippen LogP contribution is 2.25. The van der Waals surface area contributed by atoms with Crippen LogP contribution < -0.4 is 5.32 Å². The molecule has 3 heteroatoms. The van der Waals surface area contributed by atoms with Gasteiger partial charge in [0.2, 0.25) is 0 Å². The summed E-state index contributed by atoms with van der Waals surface area (Å²) >= 11 is 4.29. The van der Waals surface area contributed by atoms with Crippen LogP contribution in [0.1, 0.15) is 54.4 Å². The lowest BCUT2D eigenvalue weighted by atomic mass is 9.87. The molecule has 2 nitrogen and oxygen atoms in total. The van der Waals surface area contributed by atoms with E-state index in [1.54, 1.807) is 0 Å². The van der Waals surface area contributed by atoms with E-state index in [2.05, 4.69) is 17.9 Å². The van der Waals surface area contributed by atoms with E-state index in [4.69, 9.17) is 0 Å². The SMILES string of the molecule is Cc1ccc(S)cc1C(=O)NCCC1CCCCC1. The van der Waals surface area contributed by atoms with E-state index in [1.165, 1.54) is 32.1 Å². The number of amides is 1. The fourth-order valence-corrected chi connectivity index (χ4v) is 3.02. The minimum Gasteiger partial charge on any atom is -0.352 e. The van der Waals surface area contributed by atoms with Gasteiger partial charge in [-0.3, -0.25) is 4.79 Å². The van der Waals surface area contributed by atoms with Gasteiger partial charge < -0.3 is 5.32 Å². The van der Waals surface area contributed by atoms with Crippen LogP contribution in [0.25, 0.3) is 0 Å². The van der Waals surface area contributed by atoms with Gasteiger partial charge in [-0.1, -0.05) is 38.2 Å². The van der Waals surface area contributed by atoms with E-state index in [9.17, 15) is 4.79 Å². The fourth-order valence-electron chi connectivity index (χ4n) is 2.82. The minimum absolute atomic E-state index is 0.0317. The summed E-state index contributed by atoms with van der Waals surface area (Å²) in [6, 6.07) is 5.70. The van der Waals surface area contributed by atoms with E-state index in [1.807, 2.05) is 25.1 Å². The third kappa shape index (κ3) is 4.27. The van der Waals surface area contributed by atoms with Gasteiger partial charge in [0.25, 0.3) is 5.91 Å². The number of hydrogen-bond acceptors (Lipinski definition) is 2. The van der Waals surface area contributed by atoms with Crippen LogP contribution in [0.5, 0.6) is 0 Å². The predicted molar refractivity (Wildman–Crippen MR) is 82.0 cm³/mol. The molecule has 1 saturated carbocycles. The molecule has 1 aromatic carbocycles. The largest absolute Gasteiger partial charge is 0.352 e. The summed E-state index contributed by atoms with van der Waals surface area (Å²) in [5.74, 6) is 0.843. The number of rotatable bonds is 4. The van der Waals surface area contributed by atoms with Crippen LogP contribution in [-0.2, 0) is 0 Å². The maximum Gasteiger partial charge on any atom is 0.251 e. The molecule has 1 amide bonds. The van der Waals surface area contributed by atoms with Gasteiger partial charge in [-0.15, -0.1) is 12.6 Å². The van der Waals surface area contributed by atoms with E-state index in [-0.39, 0.29) is 5.91 Å². The van der Waals surface area contributed by atoms with E-state index >= 15 is 0 Å². The second-order valence-electron chi connectivity index (χ2n) is 5.55. The maximum absolute atomic E-state index is 12.1. The van der Waals surface area contributed by atoms with Crippen molar-refractivity contribution in [3.05, 3.63) is 29.3 Å². The lowest BCUT2D eigenvalue weighted by Crippen LogP contribution is -2.27. The first-order chi connectivity index (χ1) is 9.16. The lowest BCUT2D eigenvalue weighted by Gasteiger charge is -2.21. The number of nitrogens with one attached hydrogen (secondary N) is 1. The number of carbonyl (C=O) groups is 1. The summed E-state index contributed by atoms with van der Waals surface area (Å²) in [4.78, 5) is 13.0. The second-order valence-corrected chi connectivity index (χ2v) is 6.06. The van der Waals surface area contributed by atoms with Crippen molar-refractivity contribution in [2.45, 2.75) is 50.3 Å². The summed E-state index contributed by atoms with van der Waals surface area (Å²) in [6.07, 6.45) is 7.89. The van der Waals surface area contributed by atoms with Crippen LogP contribution in [0.4, 0.5) is 0 Å². The molecule has 19 heavy (non-hydrogen) atoms. The van der Waals surface area contributed by atoms with Crippen LogP contribution in [-0.4, -0.2) is 12.5 Å². The van der Waals surface area contributed by atoms with Gasteiger partial charge in [0.05, 0.1) is 0 Å². The molecule has 1 aliphatic carbocycles. The molecule has 0 aliphatic heterocycles. The Morgan fingerprint density at radius 2 is 2.05 bits per heavy atom. The first kappa shape index (κ1) is 14.4. The Hall–Kier alpha value is -0.960. The van der Waals surface area contributed by atoms with Crippen LogP contribution in [0, 0.1) is 12.8 Å². The summed E-state index contributed by atoms with van der Waals surface area (Å²) in [5, 5.41) is 3.04. The highest BCUT2D eigenvalue weighted by molar-refractivity contribution is 7.80. The van der Waals surface area contributed by atoms with Gasteiger partial charge in [-0.2, -0.15) is 0 Å². The van der Waals surface area contributed by atoms with Crippen LogP contribution >= 0.6 is 12.6 Å². The lowest BCUT2D eigenvalue weighted by molar-refractivity contribution is 0.0949. The van der Waals surface area contributed by atoms with Crippen molar-refractivity contribution in [2.24, 2.45) is 5.92 Å². The Morgan fingerprint density at radius 1 is 1.32 bits per heavy atom. The monoisotopic (exact) mass is 277 g/mol. The normalized spacial score (nSPS) is 16.3. The standard InChI is InChI=1S/C16H23NOS/c1-12-7-8-14(19)11-15(12)16(18)17-10-9-13-5-3-2-4-6-13/h7-8,11,13,19H,2-6,9-10H2,1H3,(H,17,18). The smallest absolute Gasteiger partial charge is 0.251 e. The summed E-state index contributed by atoms with van der Waals surface area (Å²) < 4.78 is 0. The molecule has 0 aromatic heterocycles. The molecule has 1 N–H and O–H groups in total. The van der Waals surface area contributed by atoms with Gasteiger partial charge in [-0.25, -0.2) is 0 Å². The first-order valence-corrected chi connectivity index (χ1v) is 7.69. The third-order valence-electron chi connectivity index (χ3n) is 4.03. The topological polar surface area (TPSA) is 29.1 Å². The molecule has 0 bridgehead atoms. The molecule has 0 atom stereocenters. The summed E-state index contributed by atoms with van der Waals surface area (Å²) in [5.41, 5.74) is 1.75. The van der Waals surface area contributed by atoms with Crippen molar-refractivity contribution in [3.63, 3.8) is 0 Å². The molecular formula is C16H23NOS. The molecule has 104 valence electrons. The number of benzene rings is 1. The fraction of sp³-hybridized carbons (Fsp3) is 0.562. The quantitative estimate of drug-likeness (QED) is 0.801. The van der Waals surface area contributed by atoms with Gasteiger partial charge in [0.1, 0.15) is 0 Å². The van der Waals surface area contributed by atoms with Crippen molar-refractivity contribution in [1.82, 2.24) is 5.32 Å². The average Bonchev–Trinajstić information content (AvgIpc) is 2.42. The van der Waals surface area contributed by atoms with Crippen molar-refractivity contribution in [1.29, 1.82) is 0 Å². The average molecular weight is 277 g/mol. The molecule has 1 fully saturated rings. The first-order valence-electron chi connectivity index (χ1n) is 7.24. The third-order valence-corrected chi connectivity index (χ3v) is 4.31. The Morgan fingerprint density at radius 3 is 2.79 bits per heavy atom. The number of carbonyl (C=O) groups excluding carboxylic acids is 1. The molecule has 1 aromatic rings. The van der Waals surface area contributed by atoms with Gasteiger partial charge in [0, 0.05) is 17.0 Å². The molecule has 0 radical (unpaired) electrons. The van der Waals surface area contributed by atoms with Crippen LogP contribution in [0.2, 0.25) is 0 Å². The second kappa shape index (κ2) is 6.99. The Kier molecular flexibility index (Phi) is 5.32. The molecule has 1 aliphatic rings. The van der Waals surface area contributed by atoms with Crippen molar-refractivity contribution in [3.8, 4) is 0 Å². The predicted octanol–water partition coefficient (Wildman–Crippen LogP) is 3.98. The van der Waals surface area contributed by atoms with E-state index in [0.717, 1.165) is 34.9 Å². The number of hydrogen-bond donors (Lipinski definition) is 2. The van der Waals surface area contributed by atoms with Crippen molar-refractivity contribution >= 4 is 18.5 Å². The molecule has 0 spiro atoms. The highest BCUT2D eigenvalue weighted by Gasteiger charge is 2.14. The number of aryl methyl sites for hydroxylation is 1. The molecule has 2 rings (SSSR count). The van der Waals surface area contributed by atoms with Crippen LogP contribution in [0.3, 0.4) is 0 Å². The minimum atomic E-state index is 0.0317. The zero-order valence-electron chi connectivity index (χ0n) is 11.6. The van der Waals surface area contributed by atoms with E-state index < -0.39 is 0 Å². The Balaban J connectivity index is 1.82. The molecule has 0 saturated heterocycles. The summed E-state index contributed by atoms with van der Waals surface area (Å²) in [7, 11) is 0. The zero-order chi connectivity index (χ0) is 13.7.